The van der Waals surface area contributed by atoms with E-state index in [-0.39, 0.29) is 18.8 Å². The van der Waals surface area contributed by atoms with Gasteiger partial charge >= 0.3 is 18.3 Å². The molecule has 1 heterocycles. The van der Waals surface area contributed by atoms with Crippen LogP contribution in [-0.2, 0) is 28.8 Å². The third kappa shape index (κ3) is 18.3. The highest BCUT2D eigenvalue weighted by molar-refractivity contribution is 5.69. The molecule has 1 rings (SSSR count). The molecular formula is C16H28N4O7. The molecule has 0 aromatic carbocycles. The van der Waals surface area contributed by atoms with Crippen LogP contribution in [0.15, 0.2) is 0 Å². The average molecular weight is 388 g/mol. The van der Waals surface area contributed by atoms with E-state index in [0.717, 1.165) is 52.1 Å². The van der Waals surface area contributed by atoms with Crippen LogP contribution in [-0.4, -0.2) is 129 Å². The maximum Gasteiger partial charge on any atom is 0.373 e. The van der Waals surface area contributed by atoms with Gasteiger partial charge in [-0.15, -0.1) is 0 Å². The summed E-state index contributed by atoms with van der Waals surface area (Å²) in [6.45, 7) is 7.16. The van der Waals surface area contributed by atoms with Crippen molar-refractivity contribution < 1.29 is 33.9 Å². The molecule has 0 atom stereocenters. The number of aldehydes is 1. The van der Waals surface area contributed by atoms with Crippen LogP contribution in [0.1, 0.15) is 0 Å². The number of rotatable bonds is 4. The first-order chi connectivity index (χ1) is 12.8. The fourth-order valence-corrected chi connectivity index (χ4v) is 2.33. The van der Waals surface area contributed by atoms with Gasteiger partial charge in [0, 0.05) is 52.4 Å². The van der Waals surface area contributed by atoms with Gasteiger partial charge in [0.15, 0.2) is 0 Å². The molecule has 1 N–H and O–H groups in total. The zero-order chi connectivity index (χ0) is 21.1. The first-order valence-electron chi connectivity index (χ1n) is 8.30. The molecule has 1 saturated heterocycles. The lowest BCUT2D eigenvalue weighted by atomic mass is 10.3. The van der Waals surface area contributed by atoms with Crippen molar-refractivity contribution in [3.05, 3.63) is 0 Å². The first-order valence-corrected chi connectivity index (χ1v) is 8.30. The number of carboxylic acids is 1. The molecule has 0 amide bonds. The minimum absolute atomic E-state index is 0.0582. The molecule has 1 aliphatic rings. The molecule has 1 fully saturated rings. The van der Waals surface area contributed by atoms with E-state index in [9.17, 15) is 9.59 Å². The van der Waals surface area contributed by atoms with Crippen LogP contribution in [0.3, 0.4) is 0 Å². The summed E-state index contributed by atoms with van der Waals surface area (Å²) in [6.07, 6.45) is 1.42. The summed E-state index contributed by atoms with van der Waals surface area (Å²) in [5.74, 6) is -0.800. The van der Waals surface area contributed by atoms with Crippen molar-refractivity contribution in [2.75, 3.05) is 79.5 Å². The molecule has 11 heteroatoms. The summed E-state index contributed by atoms with van der Waals surface area (Å²) in [6, 6.07) is 0. The summed E-state index contributed by atoms with van der Waals surface area (Å²) >= 11 is 0. The van der Waals surface area contributed by atoms with Gasteiger partial charge in [-0.2, -0.15) is 19.2 Å². The molecule has 0 aliphatic carbocycles. The zero-order valence-corrected chi connectivity index (χ0v) is 15.8. The predicted octanol–water partition coefficient (Wildman–Crippen LogP) is -2.42. The Kier molecular flexibility index (Phi) is 18.5. The fraction of sp³-hybridized carbons (Fsp3) is 0.750. The molecule has 0 radical (unpaired) electrons. The van der Waals surface area contributed by atoms with Crippen molar-refractivity contribution in [3.8, 4) is 0 Å². The SMILES string of the molecule is CN1CCN(C)CCN(CC(=O)O)CCN(CC=O)CC1.O=C=O.O=C=O. The van der Waals surface area contributed by atoms with E-state index < -0.39 is 5.97 Å². The Balaban J connectivity index is 0. The van der Waals surface area contributed by atoms with Crippen molar-refractivity contribution in [3.63, 3.8) is 0 Å². The Labute approximate surface area is 158 Å². The van der Waals surface area contributed by atoms with Gasteiger partial charge in [0.1, 0.15) is 6.29 Å². The average Bonchev–Trinajstić information content (AvgIpc) is 2.60. The number of hydrogen-bond donors (Lipinski definition) is 1. The number of aliphatic carboxylic acids is 1. The number of carbonyl (C=O) groups excluding carboxylic acids is 5. The van der Waals surface area contributed by atoms with E-state index in [1.807, 2.05) is 4.90 Å². The standard InChI is InChI=1S/C14H28N4O3.2CO2/c1-15-3-4-16(2)6-8-18(13-14(20)21)10-9-17(7-5-15)11-12-19;2*2-1-3/h12H,3-11,13H2,1-2H3,(H,20,21);;. The van der Waals surface area contributed by atoms with Crippen molar-refractivity contribution in [1.82, 2.24) is 19.6 Å². The Morgan fingerprint density at radius 2 is 1.15 bits per heavy atom. The molecule has 0 aromatic rings. The number of likely N-dealkylation sites (N-methyl/N-ethyl adjacent to an activating group) is 2. The number of carboxylic acid groups (broad SMARTS) is 1. The van der Waals surface area contributed by atoms with E-state index in [1.54, 1.807) is 0 Å². The number of hydrogen-bond acceptors (Lipinski definition) is 10. The highest BCUT2D eigenvalue weighted by Crippen LogP contribution is 1.97. The topological polar surface area (TPSA) is 136 Å². The van der Waals surface area contributed by atoms with E-state index in [2.05, 4.69) is 28.8 Å². The molecule has 0 spiro atoms. The van der Waals surface area contributed by atoms with E-state index >= 15 is 0 Å². The van der Waals surface area contributed by atoms with E-state index in [1.165, 1.54) is 0 Å². The predicted molar refractivity (Wildman–Crippen MR) is 91.6 cm³/mol. The van der Waals surface area contributed by atoms with Gasteiger partial charge in [-0.1, -0.05) is 0 Å². The van der Waals surface area contributed by atoms with Crippen LogP contribution in [0.2, 0.25) is 0 Å². The minimum Gasteiger partial charge on any atom is -0.480 e. The largest absolute Gasteiger partial charge is 0.480 e. The van der Waals surface area contributed by atoms with Crippen LogP contribution >= 0.6 is 0 Å². The fourth-order valence-electron chi connectivity index (χ4n) is 2.33. The molecule has 0 aromatic heterocycles. The molecule has 11 nitrogen and oxygen atoms in total. The van der Waals surface area contributed by atoms with Gasteiger partial charge in [-0.05, 0) is 14.1 Å². The summed E-state index contributed by atoms with van der Waals surface area (Å²) in [5.41, 5.74) is 0. The second-order valence-electron chi connectivity index (χ2n) is 5.91. The highest BCUT2D eigenvalue weighted by atomic mass is 16.4. The van der Waals surface area contributed by atoms with E-state index in [4.69, 9.17) is 24.3 Å². The van der Waals surface area contributed by atoms with E-state index in [0.29, 0.717) is 13.1 Å². The van der Waals surface area contributed by atoms with Crippen molar-refractivity contribution in [2.45, 2.75) is 0 Å². The monoisotopic (exact) mass is 388 g/mol. The number of nitrogens with zero attached hydrogens (tertiary/aromatic N) is 4. The van der Waals surface area contributed by atoms with Crippen LogP contribution in [0, 0.1) is 0 Å². The van der Waals surface area contributed by atoms with Gasteiger partial charge in [-0.25, -0.2) is 0 Å². The lowest BCUT2D eigenvalue weighted by Gasteiger charge is -2.30. The second-order valence-corrected chi connectivity index (χ2v) is 5.91. The molecular weight excluding hydrogens is 360 g/mol. The van der Waals surface area contributed by atoms with Crippen LogP contribution < -0.4 is 0 Å². The first kappa shape index (κ1) is 27.0. The van der Waals surface area contributed by atoms with Gasteiger partial charge in [0.05, 0.1) is 13.1 Å². The Hall–Kier alpha value is -2.26. The van der Waals surface area contributed by atoms with Gasteiger partial charge < -0.3 is 19.7 Å². The molecule has 154 valence electrons. The van der Waals surface area contributed by atoms with Crippen LogP contribution in [0.25, 0.3) is 0 Å². The van der Waals surface area contributed by atoms with Gasteiger partial charge in [0.25, 0.3) is 0 Å². The summed E-state index contributed by atoms with van der Waals surface area (Å²) in [5, 5.41) is 8.99. The third-order valence-corrected chi connectivity index (χ3v) is 3.88. The molecule has 0 unspecified atom stereocenters. The quantitative estimate of drug-likeness (QED) is 0.515. The molecule has 1 aliphatic heterocycles. The zero-order valence-electron chi connectivity index (χ0n) is 15.8. The van der Waals surface area contributed by atoms with Crippen LogP contribution in [0.5, 0.6) is 0 Å². The maximum absolute atomic E-state index is 10.9. The normalized spacial score (nSPS) is 18.0. The van der Waals surface area contributed by atoms with Crippen LogP contribution in [0.4, 0.5) is 0 Å². The summed E-state index contributed by atoms with van der Waals surface area (Å²) in [7, 11) is 4.16. The Morgan fingerprint density at radius 1 is 0.815 bits per heavy atom. The maximum atomic E-state index is 10.9. The lowest BCUT2D eigenvalue weighted by Crippen LogP contribution is -2.45. The Morgan fingerprint density at radius 3 is 1.56 bits per heavy atom. The number of carbonyl (C=O) groups is 2. The minimum atomic E-state index is -0.800. The molecule has 0 saturated carbocycles. The highest BCUT2D eigenvalue weighted by Gasteiger charge is 2.15. The lowest BCUT2D eigenvalue weighted by molar-refractivity contribution is -0.193. The third-order valence-electron chi connectivity index (χ3n) is 3.88. The molecule has 27 heavy (non-hydrogen) atoms. The summed E-state index contributed by atoms with van der Waals surface area (Å²) in [4.78, 5) is 62.7. The smallest absolute Gasteiger partial charge is 0.373 e. The Bertz CT molecular complexity index is 465. The van der Waals surface area contributed by atoms with Gasteiger partial charge in [0.2, 0.25) is 0 Å². The van der Waals surface area contributed by atoms with Gasteiger partial charge in [-0.3, -0.25) is 14.6 Å². The second kappa shape index (κ2) is 18.5. The van der Waals surface area contributed by atoms with Crippen molar-refractivity contribution in [2.24, 2.45) is 0 Å². The summed E-state index contributed by atoms with van der Waals surface area (Å²) < 4.78 is 0. The van der Waals surface area contributed by atoms with Crippen molar-refractivity contribution in [1.29, 1.82) is 0 Å². The molecule has 0 bridgehead atoms. The van der Waals surface area contributed by atoms with Crippen molar-refractivity contribution >= 4 is 24.6 Å².